The summed E-state index contributed by atoms with van der Waals surface area (Å²) in [6.07, 6.45) is 4.02. The average Bonchev–Trinajstić information content (AvgIpc) is 2.71. The van der Waals surface area contributed by atoms with E-state index in [-0.39, 0.29) is 17.5 Å². The molecule has 0 saturated carbocycles. The topological polar surface area (TPSA) is 62.2 Å². The van der Waals surface area contributed by atoms with E-state index in [1.54, 1.807) is 12.1 Å². The van der Waals surface area contributed by atoms with Crippen LogP contribution in [0.1, 0.15) is 42.9 Å². The zero-order chi connectivity index (χ0) is 19.1. The van der Waals surface area contributed by atoms with Gasteiger partial charge in [0.25, 0.3) is 0 Å². The summed E-state index contributed by atoms with van der Waals surface area (Å²) in [6.45, 7) is 3.47. The highest BCUT2D eigenvalue weighted by molar-refractivity contribution is 5.49. The predicted octanol–water partition coefficient (Wildman–Crippen LogP) is 3.99. The van der Waals surface area contributed by atoms with E-state index >= 15 is 0 Å². The highest BCUT2D eigenvalue weighted by Crippen LogP contribution is 2.55. The number of para-hydroxylation sites is 1. The number of ether oxygens (including phenoxy) is 2. The first-order valence-corrected chi connectivity index (χ1v) is 10.3. The molecule has 0 amide bonds. The number of benzene rings is 2. The Balaban J connectivity index is 1.37. The number of likely N-dealkylation sites (tertiary alicyclic amines) is 1. The van der Waals surface area contributed by atoms with Crippen molar-refractivity contribution in [1.29, 1.82) is 0 Å². The number of hydrogen-bond donors (Lipinski definition) is 2. The van der Waals surface area contributed by atoms with Gasteiger partial charge in [-0.15, -0.1) is 0 Å². The number of nitrogens with zero attached hydrogens (tertiary/aromatic N) is 1. The lowest BCUT2D eigenvalue weighted by molar-refractivity contribution is -0.150. The van der Waals surface area contributed by atoms with Crippen LogP contribution in [0.3, 0.4) is 0 Å². The minimum Gasteiger partial charge on any atom is -0.508 e. The van der Waals surface area contributed by atoms with Crippen LogP contribution in [0.25, 0.3) is 0 Å². The molecule has 28 heavy (non-hydrogen) atoms. The van der Waals surface area contributed by atoms with Gasteiger partial charge in [-0.3, -0.25) is 4.90 Å². The average molecular weight is 381 g/mol. The molecule has 0 unspecified atom stereocenters. The van der Waals surface area contributed by atoms with Crippen LogP contribution in [0.5, 0.6) is 17.2 Å². The van der Waals surface area contributed by atoms with Gasteiger partial charge in [-0.2, -0.15) is 0 Å². The second-order valence-corrected chi connectivity index (χ2v) is 8.35. The maximum atomic E-state index is 10.4. The molecule has 5 nitrogen and oxygen atoms in total. The van der Waals surface area contributed by atoms with E-state index < -0.39 is 0 Å². The zero-order valence-corrected chi connectivity index (χ0v) is 16.0. The highest BCUT2D eigenvalue weighted by atomic mass is 16.5. The number of phenols is 2. The van der Waals surface area contributed by atoms with Crippen LogP contribution in [0.4, 0.5) is 0 Å². The number of hydrogen-bond acceptors (Lipinski definition) is 5. The summed E-state index contributed by atoms with van der Waals surface area (Å²) in [5.41, 5.74) is 1.85. The van der Waals surface area contributed by atoms with Crippen LogP contribution in [0.2, 0.25) is 0 Å². The van der Waals surface area contributed by atoms with Crippen LogP contribution >= 0.6 is 0 Å². The minimum absolute atomic E-state index is 0.0159. The van der Waals surface area contributed by atoms with Gasteiger partial charge in [0, 0.05) is 50.6 Å². The second kappa shape index (κ2) is 6.98. The molecule has 0 aliphatic carbocycles. The Morgan fingerprint density at radius 2 is 1.89 bits per heavy atom. The molecule has 0 aromatic heterocycles. The largest absolute Gasteiger partial charge is 0.508 e. The summed E-state index contributed by atoms with van der Waals surface area (Å²) in [5.74, 6) is 1.48. The Labute approximate surface area is 165 Å². The Bertz CT molecular complexity index is 859. The third-order valence-electron chi connectivity index (χ3n) is 6.65. The van der Waals surface area contributed by atoms with Crippen molar-refractivity contribution in [1.82, 2.24) is 4.90 Å². The van der Waals surface area contributed by atoms with Gasteiger partial charge >= 0.3 is 0 Å². The van der Waals surface area contributed by atoms with Crippen LogP contribution in [0.15, 0.2) is 42.5 Å². The first-order chi connectivity index (χ1) is 13.6. The fourth-order valence-corrected chi connectivity index (χ4v) is 5.26. The Kier molecular flexibility index (Phi) is 4.44. The fraction of sp³-hybridized carbons (Fsp3) is 0.478. The van der Waals surface area contributed by atoms with E-state index in [0.717, 1.165) is 63.1 Å². The van der Waals surface area contributed by atoms with Gasteiger partial charge in [-0.25, -0.2) is 0 Å². The van der Waals surface area contributed by atoms with Crippen molar-refractivity contribution in [3.05, 3.63) is 53.6 Å². The van der Waals surface area contributed by atoms with E-state index in [2.05, 4.69) is 11.0 Å². The molecule has 1 spiro atoms. The first-order valence-electron chi connectivity index (χ1n) is 10.3. The molecule has 148 valence electrons. The highest BCUT2D eigenvalue weighted by Gasteiger charge is 2.52. The van der Waals surface area contributed by atoms with Gasteiger partial charge in [0.1, 0.15) is 11.4 Å². The SMILES string of the molecule is Oc1cccc(CN2CCC3(CC2)Oc2c(O)cccc2[C@H]2OCCC[C@@H]23)c1. The quantitative estimate of drug-likeness (QED) is 0.824. The number of fused-ring (bicyclic) bond motifs is 4. The molecule has 3 aliphatic rings. The van der Waals surface area contributed by atoms with E-state index in [9.17, 15) is 10.2 Å². The van der Waals surface area contributed by atoms with Crippen LogP contribution in [-0.2, 0) is 11.3 Å². The predicted molar refractivity (Wildman–Crippen MR) is 106 cm³/mol. The van der Waals surface area contributed by atoms with Crippen molar-refractivity contribution >= 4 is 0 Å². The van der Waals surface area contributed by atoms with E-state index in [1.165, 1.54) is 0 Å². The van der Waals surface area contributed by atoms with Crippen molar-refractivity contribution in [2.24, 2.45) is 5.92 Å². The molecule has 2 atom stereocenters. The molecule has 2 aromatic carbocycles. The number of piperidine rings is 1. The maximum absolute atomic E-state index is 10.4. The molecule has 0 bridgehead atoms. The van der Waals surface area contributed by atoms with Crippen LogP contribution in [0, 0.1) is 5.92 Å². The summed E-state index contributed by atoms with van der Waals surface area (Å²) < 4.78 is 12.8. The molecule has 3 heterocycles. The van der Waals surface area contributed by atoms with E-state index in [4.69, 9.17) is 9.47 Å². The van der Waals surface area contributed by atoms with Gasteiger partial charge in [-0.05, 0) is 36.6 Å². The smallest absolute Gasteiger partial charge is 0.167 e. The summed E-state index contributed by atoms with van der Waals surface area (Å²) in [6, 6.07) is 13.1. The lowest BCUT2D eigenvalue weighted by Gasteiger charge is -2.53. The number of aromatic hydroxyl groups is 2. The summed E-state index contributed by atoms with van der Waals surface area (Å²) in [5, 5.41) is 20.1. The van der Waals surface area contributed by atoms with Gasteiger partial charge < -0.3 is 19.7 Å². The Morgan fingerprint density at radius 1 is 1.07 bits per heavy atom. The van der Waals surface area contributed by atoms with E-state index in [1.807, 2.05) is 24.3 Å². The lowest BCUT2D eigenvalue weighted by Crippen LogP contribution is -2.57. The summed E-state index contributed by atoms with van der Waals surface area (Å²) >= 11 is 0. The third kappa shape index (κ3) is 3.03. The second-order valence-electron chi connectivity index (χ2n) is 8.35. The molecule has 5 heteroatoms. The molecule has 5 rings (SSSR count). The minimum atomic E-state index is -0.272. The molecule has 2 N–H and O–H groups in total. The Hall–Kier alpha value is -2.24. The van der Waals surface area contributed by atoms with Crippen molar-refractivity contribution in [2.75, 3.05) is 19.7 Å². The maximum Gasteiger partial charge on any atom is 0.167 e. The van der Waals surface area contributed by atoms with Gasteiger partial charge in [0.15, 0.2) is 11.5 Å². The monoisotopic (exact) mass is 381 g/mol. The molecule has 2 saturated heterocycles. The van der Waals surface area contributed by atoms with Gasteiger partial charge in [0.2, 0.25) is 0 Å². The fourth-order valence-electron chi connectivity index (χ4n) is 5.26. The van der Waals surface area contributed by atoms with Crippen molar-refractivity contribution in [3.63, 3.8) is 0 Å². The normalized spacial score (nSPS) is 26.3. The molecule has 2 aromatic rings. The summed E-state index contributed by atoms with van der Waals surface area (Å²) in [7, 11) is 0. The molecular weight excluding hydrogens is 354 g/mol. The first kappa shape index (κ1) is 17.8. The van der Waals surface area contributed by atoms with Crippen molar-refractivity contribution in [2.45, 2.75) is 43.9 Å². The van der Waals surface area contributed by atoms with Crippen molar-refractivity contribution < 1.29 is 19.7 Å². The van der Waals surface area contributed by atoms with Gasteiger partial charge in [-0.1, -0.05) is 24.3 Å². The lowest BCUT2D eigenvalue weighted by atomic mass is 9.70. The van der Waals surface area contributed by atoms with Crippen molar-refractivity contribution in [3.8, 4) is 17.2 Å². The molecular formula is C23H27NO4. The summed E-state index contributed by atoms with van der Waals surface area (Å²) in [4.78, 5) is 2.42. The van der Waals surface area contributed by atoms with E-state index in [0.29, 0.717) is 17.4 Å². The van der Waals surface area contributed by atoms with Gasteiger partial charge in [0.05, 0.1) is 6.10 Å². The Morgan fingerprint density at radius 3 is 2.71 bits per heavy atom. The standard InChI is InChI=1S/C23H27NO4/c25-17-5-1-4-16(14-17)15-24-11-9-23(10-12-24)19-7-3-13-27-21(19)18-6-2-8-20(26)22(18)28-23/h1-2,4-6,8,14,19,21,25-26H,3,7,9-13,15H2/t19-,21+/m0/s1. The third-order valence-corrected chi connectivity index (χ3v) is 6.65. The van der Waals surface area contributed by atoms with Crippen LogP contribution < -0.4 is 4.74 Å². The zero-order valence-electron chi connectivity index (χ0n) is 16.0. The van der Waals surface area contributed by atoms with Crippen LogP contribution in [-0.4, -0.2) is 40.4 Å². The number of rotatable bonds is 2. The molecule has 3 aliphatic heterocycles. The number of phenolic OH excluding ortho intramolecular Hbond substituents is 2. The molecule has 2 fully saturated rings. The molecule has 0 radical (unpaired) electrons.